The first-order chi connectivity index (χ1) is 15.4. The SMILES string of the molecule is Cc1ccc(S(=O)(=O)N[C@H]2CC[C@@H](CCn3cc(C4CCCCC4)nn3)O[C@H]2CO)cc1. The van der Waals surface area contributed by atoms with Crippen LogP contribution in [0.15, 0.2) is 35.4 Å². The van der Waals surface area contributed by atoms with Crippen LogP contribution < -0.4 is 4.72 Å². The molecule has 9 heteroatoms. The molecule has 1 aliphatic carbocycles. The Morgan fingerprint density at radius 2 is 1.88 bits per heavy atom. The van der Waals surface area contributed by atoms with E-state index < -0.39 is 22.2 Å². The molecule has 176 valence electrons. The number of aromatic nitrogens is 3. The van der Waals surface area contributed by atoms with Gasteiger partial charge in [0.25, 0.3) is 0 Å². The topological polar surface area (TPSA) is 106 Å². The van der Waals surface area contributed by atoms with E-state index in [1.165, 1.54) is 32.1 Å². The highest BCUT2D eigenvalue weighted by atomic mass is 32.2. The van der Waals surface area contributed by atoms with Crippen molar-refractivity contribution in [3.05, 3.63) is 41.7 Å². The molecule has 2 fully saturated rings. The second-order valence-electron chi connectivity index (χ2n) is 9.13. The van der Waals surface area contributed by atoms with E-state index in [-0.39, 0.29) is 17.6 Å². The van der Waals surface area contributed by atoms with E-state index in [4.69, 9.17) is 4.74 Å². The Bertz CT molecular complexity index is 970. The summed E-state index contributed by atoms with van der Waals surface area (Å²) >= 11 is 0. The number of aliphatic hydroxyl groups is 1. The van der Waals surface area contributed by atoms with Crippen LogP contribution in [0.2, 0.25) is 0 Å². The van der Waals surface area contributed by atoms with E-state index in [1.807, 2.05) is 11.6 Å². The van der Waals surface area contributed by atoms with Crippen LogP contribution in [0.25, 0.3) is 0 Å². The number of nitrogens with one attached hydrogen (secondary N) is 1. The highest BCUT2D eigenvalue weighted by Gasteiger charge is 2.34. The van der Waals surface area contributed by atoms with Crippen molar-refractivity contribution in [1.82, 2.24) is 19.7 Å². The van der Waals surface area contributed by atoms with E-state index in [0.29, 0.717) is 18.9 Å². The van der Waals surface area contributed by atoms with Crippen molar-refractivity contribution >= 4 is 10.0 Å². The molecule has 1 aromatic heterocycles. The van der Waals surface area contributed by atoms with Gasteiger partial charge in [-0.15, -0.1) is 5.10 Å². The summed E-state index contributed by atoms with van der Waals surface area (Å²) in [6, 6.07) is 6.28. The molecule has 2 aromatic rings. The van der Waals surface area contributed by atoms with Gasteiger partial charge in [-0.2, -0.15) is 0 Å². The minimum atomic E-state index is -3.66. The van der Waals surface area contributed by atoms with E-state index in [9.17, 15) is 13.5 Å². The molecule has 2 heterocycles. The van der Waals surface area contributed by atoms with Gasteiger partial charge in [-0.25, -0.2) is 13.1 Å². The van der Waals surface area contributed by atoms with Crippen molar-refractivity contribution in [1.29, 1.82) is 0 Å². The molecule has 1 aromatic carbocycles. The Labute approximate surface area is 190 Å². The number of sulfonamides is 1. The Morgan fingerprint density at radius 1 is 1.12 bits per heavy atom. The summed E-state index contributed by atoms with van der Waals surface area (Å²) in [5, 5.41) is 18.5. The zero-order valence-electron chi connectivity index (χ0n) is 18.7. The smallest absolute Gasteiger partial charge is 0.240 e. The summed E-state index contributed by atoms with van der Waals surface area (Å²) in [7, 11) is -3.66. The highest BCUT2D eigenvalue weighted by molar-refractivity contribution is 7.89. The van der Waals surface area contributed by atoms with Crippen molar-refractivity contribution in [2.45, 2.75) is 93.9 Å². The van der Waals surface area contributed by atoms with Gasteiger partial charge in [0.05, 0.1) is 35.4 Å². The monoisotopic (exact) mass is 462 g/mol. The normalized spacial score (nSPS) is 25.1. The van der Waals surface area contributed by atoms with Gasteiger partial charge in [-0.05, 0) is 51.2 Å². The van der Waals surface area contributed by atoms with Crippen molar-refractivity contribution < 1.29 is 18.3 Å². The number of hydrogen-bond acceptors (Lipinski definition) is 6. The number of aryl methyl sites for hydroxylation is 2. The summed E-state index contributed by atoms with van der Waals surface area (Å²) in [6.45, 7) is 2.38. The number of ether oxygens (including phenoxy) is 1. The highest BCUT2D eigenvalue weighted by Crippen LogP contribution is 2.31. The second kappa shape index (κ2) is 10.4. The first kappa shape index (κ1) is 23.4. The summed E-state index contributed by atoms with van der Waals surface area (Å²) < 4.78 is 36.1. The van der Waals surface area contributed by atoms with Crippen LogP contribution in [0.4, 0.5) is 0 Å². The molecule has 4 rings (SSSR count). The lowest BCUT2D eigenvalue weighted by molar-refractivity contribution is -0.0891. The van der Waals surface area contributed by atoms with Gasteiger partial charge in [0.2, 0.25) is 10.0 Å². The summed E-state index contributed by atoms with van der Waals surface area (Å²) in [5.41, 5.74) is 2.09. The lowest BCUT2D eigenvalue weighted by Gasteiger charge is -2.36. The molecule has 32 heavy (non-hydrogen) atoms. The first-order valence-corrected chi connectivity index (χ1v) is 13.2. The molecular weight excluding hydrogens is 428 g/mol. The molecule has 0 bridgehead atoms. The minimum Gasteiger partial charge on any atom is -0.394 e. The zero-order valence-corrected chi connectivity index (χ0v) is 19.5. The van der Waals surface area contributed by atoms with Gasteiger partial charge >= 0.3 is 0 Å². The number of benzene rings is 1. The number of aliphatic hydroxyl groups excluding tert-OH is 1. The number of nitrogens with zero attached hydrogens (tertiary/aromatic N) is 3. The standard InChI is InChI=1S/C23H34N4O4S/c1-17-7-10-20(11-8-17)32(29,30)25-21-12-9-19(31-23(21)16-28)13-14-27-15-22(24-26-27)18-5-3-2-4-6-18/h7-8,10-11,15,18-19,21,23,25,28H,2-6,9,12-14,16H2,1H3/t19-,21-,23-/m0/s1. The Balaban J connectivity index is 1.30. The van der Waals surface area contributed by atoms with E-state index in [2.05, 4.69) is 21.2 Å². The van der Waals surface area contributed by atoms with Crippen LogP contribution in [-0.2, 0) is 21.3 Å². The van der Waals surface area contributed by atoms with Crippen molar-refractivity contribution in [3.8, 4) is 0 Å². The lowest BCUT2D eigenvalue weighted by Crippen LogP contribution is -2.50. The van der Waals surface area contributed by atoms with Crippen LogP contribution in [0.5, 0.6) is 0 Å². The van der Waals surface area contributed by atoms with Crippen LogP contribution in [-0.4, -0.2) is 53.4 Å². The fraction of sp³-hybridized carbons (Fsp3) is 0.652. The first-order valence-electron chi connectivity index (χ1n) is 11.7. The molecular formula is C23H34N4O4S. The third-order valence-electron chi connectivity index (χ3n) is 6.69. The maximum Gasteiger partial charge on any atom is 0.240 e. The summed E-state index contributed by atoms with van der Waals surface area (Å²) in [5.74, 6) is 0.532. The van der Waals surface area contributed by atoms with E-state index >= 15 is 0 Å². The molecule has 0 unspecified atom stereocenters. The van der Waals surface area contributed by atoms with Crippen molar-refractivity contribution in [2.24, 2.45) is 0 Å². The maximum absolute atomic E-state index is 12.7. The summed E-state index contributed by atoms with van der Waals surface area (Å²) in [6.07, 6.45) is 9.78. The maximum atomic E-state index is 12.7. The van der Waals surface area contributed by atoms with Gasteiger partial charge in [0.1, 0.15) is 0 Å². The minimum absolute atomic E-state index is 0.0467. The number of hydrogen-bond donors (Lipinski definition) is 2. The molecule has 1 saturated carbocycles. The van der Waals surface area contributed by atoms with Crippen LogP contribution in [0.3, 0.4) is 0 Å². The fourth-order valence-electron chi connectivity index (χ4n) is 4.75. The summed E-state index contributed by atoms with van der Waals surface area (Å²) in [4.78, 5) is 0.224. The van der Waals surface area contributed by atoms with Crippen LogP contribution >= 0.6 is 0 Å². The number of rotatable bonds is 8. The zero-order chi connectivity index (χ0) is 22.6. The molecule has 2 aliphatic rings. The third-order valence-corrected chi connectivity index (χ3v) is 8.20. The van der Waals surface area contributed by atoms with E-state index in [0.717, 1.165) is 24.1 Å². The van der Waals surface area contributed by atoms with Crippen molar-refractivity contribution in [2.75, 3.05) is 6.61 Å². The van der Waals surface area contributed by atoms with Gasteiger partial charge in [-0.3, -0.25) is 4.68 Å². The molecule has 0 radical (unpaired) electrons. The quantitative estimate of drug-likeness (QED) is 0.625. The molecule has 8 nitrogen and oxygen atoms in total. The third kappa shape index (κ3) is 5.75. The Hall–Kier alpha value is -1.81. The molecule has 0 amide bonds. The van der Waals surface area contributed by atoms with Gasteiger partial charge in [0.15, 0.2) is 0 Å². The van der Waals surface area contributed by atoms with Crippen LogP contribution in [0, 0.1) is 6.92 Å². The second-order valence-corrected chi connectivity index (χ2v) is 10.8. The fourth-order valence-corrected chi connectivity index (χ4v) is 6.05. The average molecular weight is 463 g/mol. The van der Waals surface area contributed by atoms with Gasteiger partial charge in [-0.1, -0.05) is 42.2 Å². The van der Waals surface area contributed by atoms with E-state index in [1.54, 1.807) is 24.3 Å². The molecule has 1 aliphatic heterocycles. The average Bonchev–Trinajstić information content (AvgIpc) is 3.28. The Kier molecular flexibility index (Phi) is 7.60. The van der Waals surface area contributed by atoms with Gasteiger partial charge < -0.3 is 9.84 Å². The van der Waals surface area contributed by atoms with Crippen LogP contribution in [0.1, 0.15) is 68.5 Å². The molecule has 3 atom stereocenters. The predicted molar refractivity (Wildman–Crippen MR) is 121 cm³/mol. The largest absolute Gasteiger partial charge is 0.394 e. The Morgan fingerprint density at radius 3 is 2.59 bits per heavy atom. The molecule has 1 saturated heterocycles. The molecule has 0 spiro atoms. The predicted octanol–water partition coefficient (Wildman–Crippen LogP) is 2.91. The van der Waals surface area contributed by atoms with Crippen molar-refractivity contribution in [3.63, 3.8) is 0 Å². The lowest BCUT2D eigenvalue weighted by atomic mass is 9.87. The molecule has 2 N–H and O–H groups in total. The van der Waals surface area contributed by atoms with Gasteiger partial charge in [0, 0.05) is 18.7 Å².